The molecule has 27 heavy (non-hydrogen) atoms. The smallest absolute Gasteiger partial charge is 0.234 e. The minimum absolute atomic E-state index is 0.107. The molecule has 0 radical (unpaired) electrons. The van der Waals surface area contributed by atoms with E-state index < -0.39 is 0 Å². The number of fused-ring (bicyclic) bond motifs is 1. The van der Waals surface area contributed by atoms with Gasteiger partial charge in [0.2, 0.25) is 5.91 Å². The predicted molar refractivity (Wildman–Crippen MR) is 109 cm³/mol. The first kappa shape index (κ1) is 17.2. The highest BCUT2D eigenvalue weighted by Crippen LogP contribution is 2.55. The molecule has 0 heterocycles. The van der Waals surface area contributed by atoms with E-state index in [2.05, 4.69) is 60.0 Å². The summed E-state index contributed by atoms with van der Waals surface area (Å²) in [5, 5.41) is 9.45. The molecular weight excluding hydrogens is 332 g/mol. The minimum Gasteiger partial charge on any atom is -0.350 e. The van der Waals surface area contributed by atoms with E-state index >= 15 is 0 Å². The molecule has 4 aliphatic rings. The summed E-state index contributed by atoms with van der Waals surface area (Å²) in [5.74, 6) is 2.75. The number of nitrogens with one attached hydrogen (secondary N) is 2. The summed E-state index contributed by atoms with van der Waals surface area (Å²) in [5.41, 5.74) is 1.37. The van der Waals surface area contributed by atoms with E-state index in [0.29, 0.717) is 6.54 Å². The molecular formula is C24H30N2O. The number of hydrogen-bond donors (Lipinski definition) is 2. The van der Waals surface area contributed by atoms with Crippen LogP contribution in [0.2, 0.25) is 0 Å². The Kier molecular flexibility index (Phi) is 4.23. The van der Waals surface area contributed by atoms with Gasteiger partial charge in [0.25, 0.3) is 0 Å². The molecule has 2 N–H and O–H groups in total. The SMILES string of the molecule is C[C@@H](NCC(=O)NC12CC3CC(CC(C3)C1)C2)c1cccc2ccccc12. The maximum absolute atomic E-state index is 12.8. The van der Waals surface area contributed by atoms with Crippen molar-refractivity contribution in [1.82, 2.24) is 10.6 Å². The fraction of sp³-hybridized carbons (Fsp3) is 0.542. The summed E-state index contributed by atoms with van der Waals surface area (Å²) >= 11 is 0. The van der Waals surface area contributed by atoms with Crippen LogP contribution in [0.5, 0.6) is 0 Å². The van der Waals surface area contributed by atoms with Gasteiger partial charge in [0.1, 0.15) is 0 Å². The monoisotopic (exact) mass is 362 g/mol. The van der Waals surface area contributed by atoms with Crippen LogP contribution in [-0.4, -0.2) is 18.0 Å². The first-order chi connectivity index (χ1) is 13.1. The third-order valence-corrected chi connectivity index (χ3v) is 7.30. The highest BCUT2D eigenvalue weighted by Gasteiger charge is 2.51. The van der Waals surface area contributed by atoms with Crippen LogP contribution in [0.25, 0.3) is 10.8 Å². The topological polar surface area (TPSA) is 41.1 Å². The van der Waals surface area contributed by atoms with Gasteiger partial charge in [-0.1, -0.05) is 42.5 Å². The molecule has 4 bridgehead atoms. The van der Waals surface area contributed by atoms with Gasteiger partial charge in [-0.3, -0.25) is 4.79 Å². The molecule has 1 atom stereocenters. The van der Waals surface area contributed by atoms with E-state index in [1.807, 2.05) is 0 Å². The van der Waals surface area contributed by atoms with E-state index in [1.54, 1.807) is 0 Å². The van der Waals surface area contributed by atoms with E-state index in [4.69, 9.17) is 0 Å². The molecule has 4 aliphatic carbocycles. The third-order valence-electron chi connectivity index (χ3n) is 7.30. The van der Waals surface area contributed by atoms with Crippen LogP contribution in [0.1, 0.15) is 57.1 Å². The summed E-state index contributed by atoms with van der Waals surface area (Å²) < 4.78 is 0. The molecule has 0 aliphatic heterocycles. The zero-order valence-corrected chi connectivity index (χ0v) is 16.2. The second kappa shape index (κ2) is 6.63. The molecule has 3 heteroatoms. The van der Waals surface area contributed by atoms with E-state index in [0.717, 1.165) is 17.8 Å². The van der Waals surface area contributed by atoms with E-state index in [-0.39, 0.29) is 17.5 Å². The second-order valence-corrected chi connectivity index (χ2v) is 9.42. The molecule has 0 unspecified atom stereocenters. The van der Waals surface area contributed by atoms with Crippen LogP contribution in [0.15, 0.2) is 42.5 Å². The van der Waals surface area contributed by atoms with Gasteiger partial charge < -0.3 is 10.6 Å². The maximum Gasteiger partial charge on any atom is 0.234 e. The summed E-state index contributed by atoms with van der Waals surface area (Å²) in [6.45, 7) is 2.55. The summed E-state index contributed by atoms with van der Waals surface area (Å²) in [7, 11) is 0. The molecule has 1 amide bonds. The van der Waals surface area contributed by atoms with Crippen molar-refractivity contribution in [3.05, 3.63) is 48.0 Å². The van der Waals surface area contributed by atoms with Gasteiger partial charge in [0.15, 0.2) is 0 Å². The number of hydrogen-bond acceptors (Lipinski definition) is 2. The average Bonchev–Trinajstić information content (AvgIpc) is 2.64. The standard InChI is InChI=1S/C24H30N2O/c1-16(21-8-4-6-20-5-2-3-7-22(20)21)25-15-23(27)26-24-12-17-9-18(13-24)11-19(10-17)14-24/h2-8,16-19,25H,9-15H2,1H3,(H,26,27)/t16-,17?,18?,19?,24?/m1/s1. The Hall–Kier alpha value is -1.87. The predicted octanol–water partition coefficient (Wildman–Crippen LogP) is 4.58. The van der Waals surface area contributed by atoms with E-state index in [9.17, 15) is 4.79 Å². The van der Waals surface area contributed by atoms with Crippen LogP contribution >= 0.6 is 0 Å². The van der Waals surface area contributed by atoms with Gasteiger partial charge in [-0.05, 0) is 79.5 Å². The maximum atomic E-state index is 12.8. The van der Waals surface area contributed by atoms with Crippen molar-refractivity contribution >= 4 is 16.7 Å². The largest absolute Gasteiger partial charge is 0.350 e. The molecule has 142 valence electrons. The molecule has 6 rings (SSSR count). The number of carbonyl (C=O) groups is 1. The summed E-state index contributed by atoms with van der Waals surface area (Å²) in [6.07, 6.45) is 7.86. The van der Waals surface area contributed by atoms with Crippen LogP contribution < -0.4 is 10.6 Å². The fourth-order valence-electron chi connectivity index (χ4n) is 6.59. The van der Waals surface area contributed by atoms with Gasteiger partial charge in [0, 0.05) is 11.6 Å². The zero-order valence-electron chi connectivity index (χ0n) is 16.2. The van der Waals surface area contributed by atoms with Gasteiger partial charge in [0.05, 0.1) is 6.54 Å². The Morgan fingerprint density at radius 2 is 1.63 bits per heavy atom. The van der Waals surface area contributed by atoms with Crippen molar-refractivity contribution in [2.45, 2.75) is 57.0 Å². The second-order valence-electron chi connectivity index (χ2n) is 9.42. The lowest BCUT2D eigenvalue weighted by Gasteiger charge is -2.56. The zero-order chi connectivity index (χ0) is 18.4. The van der Waals surface area contributed by atoms with Crippen molar-refractivity contribution in [3.63, 3.8) is 0 Å². The molecule has 0 saturated heterocycles. The van der Waals surface area contributed by atoms with Crippen molar-refractivity contribution in [2.24, 2.45) is 17.8 Å². The molecule has 2 aromatic carbocycles. The van der Waals surface area contributed by atoms with Gasteiger partial charge in [-0.2, -0.15) is 0 Å². The first-order valence-corrected chi connectivity index (χ1v) is 10.6. The third kappa shape index (κ3) is 3.27. The lowest BCUT2D eigenvalue weighted by molar-refractivity contribution is -0.126. The molecule has 4 fully saturated rings. The Morgan fingerprint density at radius 3 is 2.33 bits per heavy atom. The van der Waals surface area contributed by atoms with Crippen LogP contribution in [-0.2, 0) is 4.79 Å². The van der Waals surface area contributed by atoms with Crippen molar-refractivity contribution in [3.8, 4) is 0 Å². The van der Waals surface area contributed by atoms with Gasteiger partial charge in [-0.25, -0.2) is 0 Å². The minimum atomic E-state index is 0.107. The van der Waals surface area contributed by atoms with Crippen LogP contribution in [0.4, 0.5) is 0 Å². The molecule has 4 saturated carbocycles. The lowest BCUT2D eigenvalue weighted by atomic mass is 9.53. The molecule has 2 aromatic rings. The first-order valence-electron chi connectivity index (χ1n) is 10.6. The highest BCUT2D eigenvalue weighted by atomic mass is 16.2. The van der Waals surface area contributed by atoms with Crippen molar-refractivity contribution < 1.29 is 4.79 Å². The van der Waals surface area contributed by atoms with Gasteiger partial charge >= 0.3 is 0 Å². The summed E-state index contributed by atoms with van der Waals surface area (Å²) in [4.78, 5) is 12.8. The Labute approximate surface area is 161 Å². The highest BCUT2D eigenvalue weighted by molar-refractivity contribution is 5.86. The normalized spacial score (nSPS) is 32.6. The Bertz CT molecular complexity index is 818. The number of rotatable bonds is 5. The van der Waals surface area contributed by atoms with Crippen LogP contribution in [0.3, 0.4) is 0 Å². The summed E-state index contributed by atoms with van der Waals surface area (Å²) in [6, 6.07) is 15.0. The molecule has 0 spiro atoms. The fourth-order valence-corrected chi connectivity index (χ4v) is 6.59. The quantitative estimate of drug-likeness (QED) is 0.818. The lowest BCUT2D eigenvalue weighted by Crippen LogP contribution is -2.60. The number of amides is 1. The van der Waals surface area contributed by atoms with E-state index in [1.165, 1.54) is 54.9 Å². The Morgan fingerprint density at radius 1 is 1.00 bits per heavy atom. The van der Waals surface area contributed by atoms with Crippen molar-refractivity contribution in [2.75, 3.05) is 6.54 Å². The van der Waals surface area contributed by atoms with Crippen molar-refractivity contribution in [1.29, 1.82) is 0 Å². The average molecular weight is 363 g/mol. The number of carbonyl (C=O) groups excluding carboxylic acids is 1. The number of benzene rings is 2. The van der Waals surface area contributed by atoms with Crippen LogP contribution in [0, 0.1) is 17.8 Å². The Balaban J connectivity index is 1.23. The molecule has 0 aromatic heterocycles. The molecule has 3 nitrogen and oxygen atoms in total. The van der Waals surface area contributed by atoms with Gasteiger partial charge in [-0.15, -0.1) is 0 Å².